The molecule has 0 amide bonds. The van der Waals surface area contributed by atoms with Crippen LogP contribution in [-0.4, -0.2) is 39.0 Å². The van der Waals surface area contributed by atoms with E-state index < -0.39 is 0 Å². The van der Waals surface area contributed by atoms with Gasteiger partial charge in [0.1, 0.15) is 0 Å². The normalized spacial score (nSPS) is 20.4. The number of nitrogens with one attached hydrogen (secondary N) is 1. The van der Waals surface area contributed by atoms with Crippen molar-refractivity contribution in [3.63, 3.8) is 0 Å². The molecule has 1 N–H and O–H groups in total. The van der Waals surface area contributed by atoms with E-state index in [0.29, 0.717) is 6.04 Å². The fraction of sp³-hybridized carbons (Fsp3) is 1.00. The van der Waals surface area contributed by atoms with Crippen LogP contribution in [0, 0.1) is 5.92 Å². The van der Waals surface area contributed by atoms with Crippen LogP contribution in [0.4, 0.5) is 0 Å². The zero-order valence-corrected chi connectivity index (χ0v) is 10.1. The predicted octanol–water partition coefficient (Wildman–Crippen LogP) is 1.82. The van der Waals surface area contributed by atoms with E-state index in [1.807, 2.05) is 0 Å². The third kappa shape index (κ3) is 4.96. The standard InChI is InChI=1S/C12H25NO2/c1-3-13-12(7-10-14-4-2)11-5-8-15-9-6-11/h11-13H,3-10H2,1-2H3. The van der Waals surface area contributed by atoms with Gasteiger partial charge < -0.3 is 14.8 Å². The van der Waals surface area contributed by atoms with Crippen LogP contribution in [0.25, 0.3) is 0 Å². The van der Waals surface area contributed by atoms with Crippen LogP contribution in [0.5, 0.6) is 0 Å². The zero-order chi connectivity index (χ0) is 10.9. The van der Waals surface area contributed by atoms with Crippen molar-refractivity contribution in [1.29, 1.82) is 0 Å². The third-order valence-electron chi connectivity index (χ3n) is 3.08. The molecule has 90 valence electrons. The second-order valence-corrected chi connectivity index (χ2v) is 4.10. The second kappa shape index (κ2) is 8.08. The largest absolute Gasteiger partial charge is 0.382 e. The molecule has 0 aliphatic carbocycles. The number of rotatable bonds is 7. The molecule has 0 aromatic carbocycles. The maximum absolute atomic E-state index is 5.43. The van der Waals surface area contributed by atoms with Crippen molar-refractivity contribution in [1.82, 2.24) is 5.32 Å². The summed E-state index contributed by atoms with van der Waals surface area (Å²) >= 11 is 0. The van der Waals surface area contributed by atoms with Gasteiger partial charge in [-0.05, 0) is 38.6 Å². The first kappa shape index (κ1) is 12.9. The Morgan fingerprint density at radius 2 is 2.07 bits per heavy atom. The molecule has 1 heterocycles. The van der Waals surface area contributed by atoms with Crippen molar-refractivity contribution in [3.05, 3.63) is 0 Å². The summed E-state index contributed by atoms with van der Waals surface area (Å²) in [6.45, 7) is 8.85. The van der Waals surface area contributed by atoms with Gasteiger partial charge in [0.2, 0.25) is 0 Å². The van der Waals surface area contributed by atoms with E-state index in [4.69, 9.17) is 9.47 Å². The van der Waals surface area contributed by atoms with Crippen molar-refractivity contribution in [3.8, 4) is 0 Å². The number of hydrogen-bond acceptors (Lipinski definition) is 3. The van der Waals surface area contributed by atoms with Crippen LogP contribution < -0.4 is 5.32 Å². The quantitative estimate of drug-likeness (QED) is 0.657. The minimum absolute atomic E-state index is 0.616. The van der Waals surface area contributed by atoms with Gasteiger partial charge in [-0.1, -0.05) is 6.92 Å². The van der Waals surface area contributed by atoms with Gasteiger partial charge in [0, 0.05) is 32.5 Å². The van der Waals surface area contributed by atoms with Crippen molar-refractivity contribution in [2.45, 2.75) is 39.2 Å². The first-order valence-electron chi connectivity index (χ1n) is 6.27. The molecule has 1 aliphatic heterocycles. The molecule has 1 aliphatic rings. The molecule has 0 aromatic rings. The fourth-order valence-electron chi connectivity index (χ4n) is 2.24. The Balaban J connectivity index is 2.26. The van der Waals surface area contributed by atoms with Crippen molar-refractivity contribution >= 4 is 0 Å². The lowest BCUT2D eigenvalue weighted by molar-refractivity contribution is 0.0460. The highest BCUT2D eigenvalue weighted by molar-refractivity contribution is 4.78. The fourth-order valence-corrected chi connectivity index (χ4v) is 2.24. The maximum atomic E-state index is 5.43. The van der Waals surface area contributed by atoms with Gasteiger partial charge in [0.15, 0.2) is 0 Å². The molecule has 3 heteroatoms. The van der Waals surface area contributed by atoms with E-state index in [-0.39, 0.29) is 0 Å². The first-order chi connectivity index (χ1) is 7.38. The van der Waals surface area contributed by atoms with Gasteiger partial charge in [0.05, 0.1) is 0 Å². The molecule has 1 saturated heterocycles. The molecule has 1 fully saturated rings. The molecular formula is C12H25NO2. The van der Waals surface area contributed by atoms with Gasteiger partial charge in [-0.3, -0.25) is 0 Å². The van der Waals surface area contributed by atoms with Crippen molar-refractivity contribution in [2.75, 3.05) is 33.0 Å². The van der Waals surface area contributed by atoms with E-state index in [0.717, 1.165) is 45.3 Å². The highest BCUT2D eigenvalue weighted by Gasteiger charge is 2.22. The average molecular weight is 215 g/mol. The second-order valence-electron chi connectivity index (χ2n) is 4.10. The van der Waals surface area contributed by atoms with Crippen LogP contribution >= 0.6 is 0 Å². The molecule has 0 spiro atoms. The predicted molar refractivity (Wildman–Crippen MR) is 62.1 cm³/mol. The van der Waals surface area contributed by atoms with Crippen molar-refractivity contribution in [2.24, 2.45) is 5.92 Å². The van der Waals surface area contributed by atoms with E-state index in [9.17, 15) is 0 Å². The summed E-state index contributed by atoms with van der Waals surface area (Å²) in [4.78, 5) is 0. The molecule has 1 atom stereocenters. The van der Waals surface area contributed by atoms with Gasteiger partial charge in [-0.2, -0.15) is 0 Å². The smallest absolute Gasteiger partial charge is 0.0480 e. The summed E-state index contributed by atoms with van der Waals surface area (Å²) in [6.07, 6.45) is 3.53. The van der Waals surface area contributed by atoms with Crippen LogP contribution in [0.15, 0.2) is 0 Å². The van der Waals surface area contributed by atoms with E-state index >= 15 is 0 Å². The number of hydrogen-bond donors (Lipinski definition) is 1. The molecule has 0 radical (unpaired) electrons. The molecule has 0 bridgehead atoms. The molecule has 1 unspecified atom stereocenters. The van der Waals surface area contributed by atoms with Gasteiger partial charge in [-0.15, -0.1) is 0 Å². The highest BCUT2D eigenvalue weighted by Crippen LogP contribution is 2.20. The Hall–Kier alpha value is -0.120. The summed E-state index contributed by atoms with van der Waals surface area (Å²) in [5.74, 6) is 0.777. The Bertz CT molecular complexity index is 147. The first-order valence-corrected chi connectivity index (χ1v) is 6.27. The Morgan fingerprint density at radius 1 is 1.33 bits per heavy atom. The lowest BCUT2D eigenvalue weighted by Gasteiger charge is -2.30. The zero-order valence-electron chi connectivity index (χ0n) is 10.1. The van der Waals surface area contributed by atoms with Gasteiger partial charge in [-0.25, -0.2) is 0 Å². The molecule has 3 nitrogen and oxygen atoms in total. The van der Waals surface area contributed by atoms with Crippen molar-refractivity contribution < 1.29 is 9.47 Å². The summed E-state index contributed by atoms with van der Waals surface area (Å²) < 4.78 is 10.8. The molecule has 0 aromatic heterocycles. The summed E-state index contributed by atoms with van der Waals surface area (Å²) in [5, 5.41) is 3.58. The van der Waals surface area contributed by atoms with Crippen LogP contribution in [0.1, 0.15) is 33.1 Å². The Kier molecular flexibility index (Phi) is 6.98. The lowest BCUT2D eigenvalue weighted by atomic mass is 9.90. The van der Waals surface area contributed by atoms with E-state index in [1.54, 1.807) is 0 Å². The van der Waals surface area contributed by atoms with Gasteiger partial charge in [0.25, 0.3) is 0 Å². The minimum Gasteiger partial charge on any atom is -0.382 e. The topological polar surface area (TPSA) is 30.5 Å². The van der Waals surface area contributed by atoms with Crippen LogP contribution in [-0.2, 0) is 9.47 Å². The molecular weight excluding hydrogens is 190 g/mol. The molecule has 15 heavy (non-hydrogen) atoms. The third-order valence-corrected chi connectivity index (χ3v) is 3.08. The van der Waals surface area contributed by atoms with E-state index in [1.165, 1.54) is 12.8 Å². The average Bonchev–Trinajstić information content (AvgIpc) is 2.29. The van der Waals surface area contributed by atoms with Crippen LogP contribution in [0.3, 0.4) is 0 Å². The van der Waals surface area contributed by atoms with E-state index in [2.05, 4.69) is 19.2 Å². The Morgan fingerprint density at radius 3 is 2.67 bits per heavy atom. The summed E-state index contributed by atoms with van der Waals surface area (Å²) in [7, 11) is 0. The summed E-state index contributed by atoms with van der Waals surface area (Å²) in [6, 6.07) is 0.616. The SMILES string of the molecule is CCNC(CCOCC)C1CCOCC1. The monoisotopic (exact) mass is 215 g/mol. The van der Waals surface area contributed by atoms with Crippen LogP contribution in [0.2, 0.25) is 0 Å². The maximum Gasteiger partial charge on any atom is 0.0480 e. The van der Waals surface area contributed by atoms with Gasteiger partial charge >= 0.3 is 0 Å². The Labute approximate surface area is 93.5 Å². The summed E-state index contributed by atoms with van der Waals surface area (Å²) in [5.41, 5.74) is 0. The number of ether oxygens (including phenoxy) is 2. The minimum atomic E-state index is 0.616. The lowest BCUT2D eigenvalue weighted by Crippen LogP contribution is -2.39. The highest BCUT2D eigenvalue weighted by atomic mass is 16.5. The molecule has 0 saturated carbocycles. The molecule has 1 rings (SSSR count).